The van der Waals surface area contributed by atoms with Crippen molar-refractivity contribution >= 4 is 34.4 Å². The molecule has 1 atom stereocenters. The van der Waals surface area contributed by atoms with Gasteiger partial charge >= 0.3 is 0 Å². The molecule has 2 N–H and O–H groups in total. The average Bonchev–Trinajstić information content (AvgIpc) is 3.08. The molecule has 0 unspecified atom stereocenters. The lowest BCUT2D eigenvalue weighted by Crippen LogP contribution is -2.14. The van der Waals surface area contributed by atoms with E-state index in [1.165, 1.54) is 17.3 Å². The van der Waals surface area contributed by atoms with Crippen LogP contribution in [0.25, 0.3) is 11.0 Å². The number of ether oxygens (including phenoxy) is 1. The van der Waals surface area contributed by atoms with E-state index in [-0.39, 0.29) is 5.91 Å². The number of thioether (sulfide) groups is 1. The molecule has 0 saturated carbocycles. The number of rotatable bonds is 7. The number of amides is 1. The Balaban J connectivity index is 1.57. The topological polar surface area (TPSA) is 67.0 Å². The standard InChI is InChI=1S/C20H23N3O2S/c1-4-13(2)14-5-7-15(8-6-14)21-19(24)12-26-20-22-17-10-9-16(25-3)11-18(17)23-20/h5-11,13H,4,12H2,1-3H3,(H,21,24)(H,22,23)/t13-/m0/s1. The average molecular weight is 369 g/mol. The number of hydrogen-bond acceptors (Lipinski definition) is 4. The van der Waals surface area contributed by atoms with Crippen molar-refractivity contribution in [2.75, 3.05) is 18.2 Å². The minimum atomic E-state index is -0.0515. The van der Waals surface area contributed by atoms with Crippen molar-refractivity contribution < 1.29 is 9.53 Å². The number of methoxy groups -OCH3 is 1. The molecule has 3 aromatic rings. The van der Waals surface area contributed by atoms with E-state index >= 15 is 0 Å². The molecule has 26 heavy (non-hydrogen) atoms. The van der Waals surface area contributed by atoms with E-state index in [1.54, 1.807) is 7.11 Å². The number of carbonyl (C=O) groups excluding carboxylic acids is 1. The van der Waals surface area contributed by atoms with E-state index in [9.17, 15) is 4.79 Å². The molecule has 5 nitrogen and oxygen atoms in total. The van der Waals surface area contributed by atoms with Crippen molar-refractivity contribution in [1.29, 1.82) is 0 Å². The summed E-state index contributed by atoms with van der Waals surface area (Å²) in [5.74, 6) is 1.55. The number of imidazole rings is 1. The summed E-state index contributed by atoms with van der Waals surface area (Å²) in [5, 5.41) is 3.64. The van der Waals surface area contributed by atoms with E-state index in [0.29, 0.717) is 11.7 Å². The van der Waals surface area contributed by atoms with Gasteiger partial charge in [0.15, 0.2) is 5.16 Å². The lowest BCUT2D eigenvalue weighted by molar-refractivity contribution is -0.113. The Hall–Kier alpha value is -2.47. The third-order valence-electron chi connectivity index (χ3n) is 4.38. The zero-order chi connectivity index (χ0) is 18.5. The monoisotopic (exact) mass is 369 g/mol. The van der Waals surface area contributed by atoms with Crippen LogP contribution in [0.3, 0.4) is 0 Å². The van der Waals surface area contributed by atoms with E-state index in [0.717, 1.165) is 34.0 Å². The smallest absolute Gasteiger partial charge is 0.234 e. The van der Waals surface area contributed by atoms with Gasteiger partial charge in [-0.05, 0) is 42.2 Å². The van der Waals surface area contributed by atoms with Crippen molar-refractivity contribution in [2.45, 2.75) is 31.3 Å². The summed E-state index contributed by atoms with van der Waals surface area (Å²) >= 11 is 1.38. The van der Waals surface area contributed by atoms with Gasteiger partial charge in [0.2, 0.25) is 5.91 Å². The van der Waals surface area contributed by atoms with Gasteiger partial charge in [-0.1, -0.05) is 37.7 Å². The Kier molecular flexibility index (Phi) is 5.83. The fourth-order valence-corrected chi connectivity index (χ4v) is 3.31. The maximum atomic E-state index is 12.2. The quantitative estimate of drug-likeness (QED) is 0.586. The molecule has 0 radical (unpaired) electrons. The second kappa shape index (κ2) is 8.27. The van der Waals surface area contributed by atoms with E-state index in [1.807, 2.05) is 30.3 Å². The number of fused-ring (bicyclic) bond motifs is 1. The number of carbonyl (C=O) groups is 1. The zero-order valence-corrected chi connectivity index (χ0v) is 16.0. The summed E-state index contributed by atoms with van der Waals surface area (Å²) < 4.78 is 5.21. The number of anilines is 1. The summed E-state index contributed by atoms with van der Waals surface area (Å²) in [6.07, 6.45) is 1.10. The van der Waals surface area contributed by atoms with E-state index in [4.69, 9.17) is 4.74 Å². The zero-order valence-electron chi connectivity index (χ0n) is 15.2. The van der Waals surface area contributed by atoms with Crippen LogP contribution < -0.4 is 10.1 Å². The molecule has 6 heteroatoms. The van der Waals surface area contributed by atoms with Crippen molar-refractivity contribution in [2.24, 2.45) is 0 Å². The molecule has 2 aromatic carbocycles. The van der Waals surface area contributed by atoms with Crippen LogP contribution in [0.2, 0.25) is 0 Å². The third-order valence-corrected chi connectivity index (χ3v) is 5.26. The van der Waals surface area contributed by atoms with Crippen LogP contribution in [0.1, 0.15) is 31.7 Å². The Morgan fingerprint density at radius 3 is 2.73 bits per heavy atom. The molecule has 0 bridgehead atoms. The number of nitrogens with one attached hydrogen (secondary N) is 2. The minimum absolute atomic E-state index is 0.0515. The maximum Gasteiger partial charge on any atom is 0.234 e. The molecule has 1 heterocycles. The Labute approximate surface area is 157 Å². The highest BCUT2D eigenvalue weighted by Crippen LogP contribution is 2.24. The molecule has 1 aromatic heterocycles. The SMILES string of the molecule is CC[C@H](C)c1ccc(NC(=O)CSc2nc3ccc(OC)cc3[nH]2)cc1. The predicted molar refractivity (Wildman–Crippen MR) is 107 cm³/mol. The summed E-state index contributed by atoms with van der Waals surface area (Å²) in [6, 6.07) is 13.7. The number of benzene rings is 2. The van der Waals surface area contributed by atoms with Gasteiger partial charge in [0.1, 0.15) is 5.75 Å². The van der Waals surface area contributed by atoms with Crippen LogP contribution >= 0.6 is 11.8 Å². The van der Waals surface area contributed by atoms with E-state index in [2.05, 4.69) is 41.3 Å². The number of aromatic nitrogens is 2. The number of H-pyrrole nitrogens is 1. The first-order valence-electron chi connectivity index (χ1n) is 8.65. The number of nitrogens with zero attached hydrogens (tertiary/aromatic N) is 1. The van der Waals surface area contributed by atoms with Gasteiger partial charge in [0.05, 0.1) is 23.9 Å². The summed E-state index contributed by atoms with van der Waals surface area (Å²) in [4.78, 5) is 19.9. The van der Waals surface area contributed by atoms with Crippen LogP contribution in [0.4, 0.5) is 5.69 Å². The van der Waals surface area contributed by atoms with E-state index < -0.39 is 0 Å². The summed E-state index contributed by atoms with van der Waals surface area (Å²) in [5.41, 5.74) is 3.86. The lowest BCUT2D eigenvalue weighted by Gasteiger charge is -2.10. The highest BCUT2D eigenvalue weighted by Gasteiger charge is 2.09. The van der Waals surface area contributed by atoms with Crippen LogP contribution in [0, 0.1) is 0 Å². The fraction of sp³-hybridized carbons (Fsp3) is 0.300. The molecular weight excluding hydrogens is 346 g/mol. The first-order valence-corrected chi connectivity index (χ1v) is 9.64. The molecular formula is C20H23N3O2S. The minimum Gasteiger partial charge on any atom is -0.497 e. The van der Waals surface area contributed by atoms with Crippen molar-refractivity contribution in [1.82, 2.24) is 9.97 Å². The van der Waals surface area contributed by atoms with Gasteiger partial charge in [0.25, 0.3) is 0 Å². The summed E-state index contributed by atoms with van der Waals surface area (Å²) in [6.45, 7) is 4.37. The number of hydrogen-bond donors (Lipinski definition) is 2. The molecule has 0 saturated heterocycles. The first kappa shape index (κ1) is 18.3. The van der Waals surface area contributed by atoms with Crippen molar-refractivity contribution in [3.8, 4) is 5.75 Å². The molecule has 0 aliphatic heterocycles. The van der Waals surface area contributed by atoms with Gasteiger partial charge in [0, 0.05) is 11.8 Å². The highest BCUT2D eigenvalue weighted by molar-refractivity contribution is 7.99. The maximum absolute atomic E-state index is 12.2. The number of aromatic amines is 1. The second-order valence-corrected chi connectivity index (χ2v) is 7.16. The third kappa shape index (κ3) is 4.38. The van der Waals surface area contributed by atoms with Crippen molar-refractivity contribution in [3.05, 3.63) is 48.0 Å². The molecule has 0 aliphatic rings. The predicted octanol–water partition coefficient (Wildman–Crippen LogP) is 4.82. The fourth-order valence-electron chi connectivity index (χ4n) is 2.62. The van der Waals surface area contributed by atoms with Gasteiger partial charge in [-0.2, -0.15) is 0 Å². The second-order valence-electron chi connectivity index (χ2n) is 6.19. The summed E-state index contributed by atoms with van der Waals surface area (Å²) in [7, 11) is 1.63. The largest absolute Gasteiger partial charge is 0.497 e. The Bertz CT molecular complexity index is 890. The normalized spacial score (nSPS) is 12.1. The van der Waals surface area contributed by atoms with Crippen LogP contribution in [-0.2, 0) is 4.79 Å². The molecule has 3 rings (SSSR count). The Morgan fingerprint density at radius 1 is 1.27 bits per heavy atom. The van der Waals surface area contributed by atoms with Crippen LogP contribution in [0.5, 0.6) is 5.75 Å². The molecule has 136 valence electrons. The Morgan fingerprint density at radius 2 is 2.04 bits per heavy atom. The molecule has 1 amide bonds. The molecule has 0 aliphatic carbocycles. The van der Waals surface area contributed by atoms with Gasteiger partial charge in [-0.3, -0.25) is 4.79 Å². The first-order chi connectivity index (χ1) is 12.6. The highest BCUT2D eigenvalue weighted by atomic mass is 32.2. The molecule has 0 fully saturated rings. The van der Waals surface area contributed by atoms with Crippen molar-refractivity contribution in [3.63, 3.8) is 0 Å². The van der Waals surface area contributed by atoms with Crippen LogP contribution in [-0.4, -0.2) is 28.7 Å². The van der Waals surface area contributed by atoms with Gasteiger partial charge in [-0.25, -0.2) is 4.98 Å². The molecule has 0 spiro atoms. The lowest BCUT2D eigenvalue weighted by atomic mass is 9.99. The van der Waals surface area contributed by atoms with Crippen LogP contribution in [0.15, 0.2) is 47.6 Å². The van der Waals surface area contributed by atoms with Gasteiger partial charge < -0.3 is 15.0 Å². The van der Waals surface area contributed by atoms with Gasteiger partial charge in [-0.15, -0.1) is 0 Å².